The van der Waals surface area contributed by atoms with Crippen LogP contribution >= 0.6 is 11.3 Å². The molecule has 1 saturated carbocycles. The molecule has 1 aliphatic carbocycles. The fourth-order valence-corrected chi connectivity index (χ4v) is 3.12. The molecule has 1 heterocycles. The summed E-state index contributed by atoms with van der Waals surface area (Å²) < 4.78 is 0. The molecule has 0 aliphatic heterocycles. The Kier molecular flexibility index (Phi) is 5.45. The number of unbranched alkanes of at least 4 members (excludes halogenated alkanes) is 2. The molecule has 0 spiro atoms. The number of carbonyl (C=O) groups is 1. The predicted molar refractivity (Wildman–Crippen MR) is 88.9 cm³/mol. The first kappa shape index (κ1) is 16.1. The van der Waals surface area contributed by atoms with Gasteiger partial charge < -0.3 is 16.0 Å². The SMILES string of the molecule is CCCCCN(C(=O)c1sc(NC2CC2)nc1N)C(C)C. The molecule has 5 nitrogen and oxygen atoms in total. The summed E-state index contributed by atoms with van der Waals surface area (Å²) in [6.45, 7) is 7.04. The zero-order valence-electron chi connectivity index (χ0n) is 13.2. The lowest BCUT2D eigenvalue weighted by Crippen LogP contribution is -2.37. The third kappa shape index (κ3) is 4.33. The van der Waals surface area contributed by atoms with E-state index in [0.717, 1.165) is 30.9 Å². The standard InChI is InChI=1S/C15H26N4OS/c1-4-5-6-9-19(10(2)3)14(20)12-13(16)18-15(21-12)17-11-7-8-11/h10-11H,4-9,16H2,1-3H3,(H,17,18). The fraction of sp³-hybridized carbons (Fsp3) is 0.733. The summed E-state index contributed by atoms with van der Waals surface area (Å²) in [6.07, 6.45) is 5.68. The molecule has 6 heteroatoms. The van der Waals surface area contributed by atoms with Crippen LogP contribution in [0.5, 0.6) is 0 Å². The first-order valence-electron chi connectivity index (χ1n) is 7.86. The number of anilines is 2. The van der Waals surface area contributed by atoms with E-state index in [0.29, 0.717) is 16.7 Å². The number of amides is 1. The molecule has 0 radical (unpaired) electrons. The maximum atomic E-state index is 12.7. The molecule has 1 amide bonds. The number of carbonyl (C=O) groups excluding carboxylic acids is 1. The van der Waals surface area contributed by atoms with Gasteiger partial charge in [-0.3, -0.25) is 4.79 Å². The molecular weight excluding hydrogens is 284 g/mol. The van der Waals surface area contributed by atoms with Crippen LogP contribution in [0.15, 0.2) is 0 Å². The highest BCUT2D eigenvalue weighted by Gasteiger charge is 2.26. The first-order chi connectivity index (χ1) is 10.0. The lowest BCUT2D eigenvalue weighted by molar-refractivity contribution is 0.0708. The first-order valence-corrected chi connectivity index (χ1v) is 8.68. The van der Waals surface area contributed by atoms with E-state index >= 15 is 0 Å². The van der Waals surface area contributed by atoms with Crippen LogP contribution in [0.3, 0.4) is 0 Å². The van der Waals surface area contributed by atoms with Gasteiger partial charge >= 0.3 is 0 Å². The van der Waals surface area contributed by atoms with E-state index in [2.05, 4.69) is 17.2 Å². The molecule has 1 fully saturated rings. The Bertz CT molecular complexity index is 482. The Morgan fingerprint density at radius 1 is 1.48 bits per heavy atom. The van der Waals surface area contributed by atoms with Crippen molar-refractivity contribution in [3.8, 4) is 0 Å². The Morgan fingerprint density at radius 3 is 2.76 bits per heavy atom. The van der Waals surface area contributed by atoms with Gasteiger partial charge in [0.2, 0.25) is 0 Å². The second-order valence-electron chi connectivity index (χ2n) is 5.95. The van der Waals surface area contributed by atoms with Crippen molar-refractivity contribution in [2.75, 3.05) is 17.6 Å². The number of nitrogens with one attached hydrogen (secondary N) is 1. The van der Waals surface area contributed by atoms with Crippen LogP contribution in [-0.4, -0.2) is 34.4 Å². The van der Waals surface area contributed by atoms with Gasteiger partial charge in [0.15, 0.2) is 5.13 Å². The van der Waals surface area contributed by atoms with Gasteiger partial charge in [0.25, 0.3) is 5.91 Å². The molecule has 0 saturated heterocycles. The number of aromatic nitrogens is 1. The van der Waals surface area contributed by atoms with Gasteiger partial charge in [-0.15, -0.1) is 0 Å². The third-order valence-corrected chi connectivity index (χ3v) is 4.63. The number of hydrogen-bond donors (Lipinski definition) is 2. The maximum Gasteiger partial charge on any atom is 0.268 e. The van der Waals surface area contributed by atoms with E-state index in [1.165, 1.54) is 24.2 Å². The zero-order valence-corrected chi connectivity index (χ0v) is 14.0. The summed E-state index contributed by atoms with van der Waals surface area (Å²) in [4.78, 5) is 19.5. The summed E-state index contributed by atoms with van der Waals surface area (Å²) in [5.74, 6) is 0.370. The number of thiazole rings is 1. The van der Waals surface area contributed by atoms with Crippen LogP contribution in [0.25, 0.3) is 0 Å². The lowest BCUT2D eigenvalue weighted by Gasteiger charge is -2.26. The normalized spacial score (nSPS) is 14.5. The molecular formula is C15H26N4OS. The van der Waals surface area contributed by atoms with Crippen LogP contribution in [-0.2, 0) is 0 Å². The summed E-state index contributed by atoms with van der Waals surface area (Å²) in [7, 11) is 0. The van der Waals surface area contributed by atoms with E-state index in [4.69, 9.17) is 5.73 Å². The van der Waals surface area contributed by atoms with E-state index < -0.39 is 0 Å². The minimum Gasteiger partial charge on any atom is -0.382 e. The van der Waals surface area contributed by atoms with Crippen molar-refractivity contribution in [1.82, 2.24) is 9.88 Å². The molecule has 1 aromatic heterocycles. The van der Waals surface area contributed by atoms with Crippen LogP contribution < -0.4 is 11.1 Å². The Labute approximate surface area is 130 Å². The monoisotopic (exact) mass is 310 g/mol. The molecule has 118 valence electrons. The van der Waals surface area contributed by atoms with Gasteiger partial charge in [0.05, 0.1) is 0 Å². The van der Waals surface area contributed by atoms with E-state index in [9.17, 15) is 4.79 Å². The number of hydrogen-bond acceptors (Lipinski definition) is 5. The van der Waals surface area contributed by atoms with Crippen molar-refractivity contribution in [1.29, 1.82) is 0 Å². The third-order valence-electron chi connectivity index (χ3n) is 3.64. The van der Waals surface area contributed by atoms with E-state index in [-0.39, 0.29) is 11.9 Å². The molecule has 0 atom stereocenters. The van der Waals surface area contributed by atoms with Crippen molar-refractivity contribution in [3.05, 3.63) is 4.88 Å². The van der Waals surface area contributed by atoms with Crippen molar-refractivity contribution in [2.24, 2.45) is 0 Å². The van der Waals surface area contributed by atoms with Crippen molar-refractivity contribution < 1.29 is 4.79 Å². The average molecular weight is 310 g/mol. The maximum absolute atomic E-state index is 12.7. The number of rotatable bonds is 8. The molecule has 0 bridgehead atoms. The Hall–Kier alpha value is -1.30. The molecule has 2 rings (SSSR count). The minimum atomic E-state index is 0.0138. The summed E-state index contributed by atoms with van der Waals surface area (Å²) >= 11 is 1.38. The van der Waals surface area contributed by atoms with E-state index in [1.54, 1.807) is 0 Å². The average Bonchev–Trinajstić information content (AvgIpc) is 3.16. The van der Waals surface area contributed by atoms with Gasteiger partial charge in [0, 0.05) is 18.6 Å². The lowest BCUT2D eigenvalue weighted by atomic mass is 10.2. The fourth-order valence-electron chi connectivity index (χ4n) is 2.21. The highest BCUT2D eigenvalue weighted by Crippen LogP contribution is 2.31. The second-order valence-corrected chi connectivity index (χ2v) is 6.95. The van der Waals surface area contributed by atoms with Crippen molar-refractivity contribution in [3.63, 3.8) is 0 Å². The van der Waals surface area contributed by atoms with Crippen molar-refractivity contribution >= 4 is 28.2 Å². The van der Waals surface area contributed by atoms with Crippen LogP contribution in [0.4, 0.5) is 10.9 Å². The van der Waals surface area contributed by atoms with Crippen LogP contribution in [0.1, 0.15) is 62.5 Å². The number of nitrogen functional groups attached to an aromatic ring is 1. The molecule has 0 aromatic carbocycles. The number of nitrogens with two attached hydrogens (primary N) is 1. The Morgan fingerprint density at radius 2 is 2.19 bits per heavy atom. The summed E-state index contributed by atoms with van der Waals surface area (Å²) in [5.41, 5.74) is 5.94. The van der Waals surface area contributed by atoms with E-state index in [1.807, 2.05) is 18.7 Å². The largest absolute Gasteiger partial charge is 0.382 e. The van der Waals surface area contributed by atoms with Gasteiger partial charge in [-0.2, -0.15) is 0 Å². The topological polar surface area (TPSA) is 71.2 Å². The zero-order chi connectivity index (χ0) is 15.4. The highest BCUT2D eigenvalue weighted by molar-refractivity contribution is 7.18. The van der Waals surface area contributed by atoms with Crippen molar-refractivity contribution in [2.45, 2.75) is 65.0 Å². The summed E-state index contributed by atoms with van der Waals surface area (Å²) in [5, 5.41) is 4.08. The molecule has 21 heavy (non-hydrogen) atoms. The van der Waals surface area contributed by atoms with Gasteiger partial charge in [0.1, 0.15) is 10.7 Å². The molecule has 1 aromatic rings. The highest BCUT2D eigenvalue weighted by atomic mass is 32.1. The summed E-state index contributed by atoms with van der Waals surface area (Å²) in [6, 6.07) is 0.694. The van der Waals surface area contributed by atoms with Gasteiger partial charge in [-0.25, -0.2) is 4.98 Å². The number of nitrogens with zero attached hydrogens (tertiary/aromatic N) is 2. The molecule has 0 unspecified atom stereocenters. The van der Waals surface area contributed by atoms with Gasteiger partial charge in [-0.05, 0) is 33.1 Å². The molecule has 1 aliphatic rings. The second kappa shape index (κ2) is 7.11. The predicted octanol–water partition coefficient (Wildman–Crippen LogP) is 3.34. The van der Waals surface area contributed by atoms with Crippen LogP contribution in [0, 0.1) is 0 Å². The quantitative estimate of drug-likeness (QED) is 0.722. The van der Waals surface area contributed by atoms with Crippen LogP contribution in [0.2, 0.25) is 0 Å². The van der Waals surface area contributed by atoms with Gasteiger partial charge in [-0.1, -0.05) is 31.1 Å². The Balaban J connectivity index is 2.05. The molecule has 3 N–H and O–H groups in total. The smallest absolute Gasteiger partial charge is 0.268 e. The minimum absolute atomic E-state index is 0.0138.